The highest BCUT2D eigenvalue weighted by Gasteiger charge is 1.91. The number of aliphatic hydroxyl groups excluding tert-OH is 1. The van der Waals surface area contributed by atoms with E-state index in [1.54, 1.807) is 0 Å². The van der Waals surface area contributed by atoms with Gasteiger partial charge in [0.05, 0.1) is 20.2 Å². The number of quaternary nitrogens is 1. The van der Waals surface area contributed by atoms with Crippen molar-refractivity contribution in [2.45, 2.75) is 6.92 Å². The predicted molar refractivity (Wildman–Crippen MR) is 29.4 cm³/mol. The van der Waals surface area contributed by atoms with Crippen LogP contribution >= 0.6 is 0 Å². The lowest BCUT2D eigenvalue weighted by Crippen LogP contribution is -3.09. The third-order valence-corrected chi connectivity index (χ3v) is 1.14. The Labute approximate surface area is 61.3 Å². The second kappa shape index (κ2) is 7.40. The summed E-state index contributed by atoms with van der Waals surface area (Å²) in [7, 11) is 2.07. The molecular formula is C5H14BrNO. The van der Waals surface area contributed by atoms with E-state index in [-0.39, 0.29) is 17.0 Å². The molecule has 8 heavy (non-hydrogen) atoms. The fraction of sp³-hybridized carbons (Fsp3) is 1.00. The Balaban J connectivity index is 0. The normalized spacial score (nSPS) is 12.4. The quantitative estimate of drug-likeness (QED) is 0.454. The van der Waals surface area contributed by atoms with Crippen LogP contribution in [0.25, 0.3) is 0 Å². The van der Waals surface area contributed by atoms with Gasteiger partial charge in [-0.25, -0.2) is 0 Å². The van der Waals surface area contributed by atoms with Gasteiger partial charge < -0.3 is 27.0 Å². The molecule has 0 rings (SSSR count). The summed E-state index contributed by atoms with van der Waals surface area (Å²) in [5.41, 5.74) is 0. The lowest BCUT2D eigenvalue weighted by Gasteiger charge is -2.06. The average Bonchev–Trinajstić information content (AvgIpc) is 1.68. The van der Waals surface area contributed by atoms with Crippen LogP contribution in [0, 0.1) is 0 Å². The van der Waals surface area contributed by atoms with Gasteiger partial charge in [0.25, 0.3) is 0 Å². The zero-order valence-electron chi connectivity index (χ0n) is 5.45. The van der Waals surface area contributed by atoms with Crippen LogP contribution in [0.3, 0.4) is 0 Å². The van der Waals surface area contributed by atoms with Crippen LogP contribution in [-0.2, 0) is 0 Å². The molecule has 0 aromatic carbocycles. The molecular weight excluding hydrogens is 170 g/mol. The van der Waals surface area contributed by atoms with E-state index in [4.69, 9.17) is 5.11 Å². The van der Waals surface area contributed by atoms with E-state index in [1.807, 2.05) is 0 Å². The molecule has 0 aliphatic rings. The van der Waals surface area contributed by atoms with E-state index >= 15 is 0 Å². The van der Waals surface area contributed by atoms with Gasteiger partial charge >= 0.3 is 0 Å². The van der Waals surface area contributed by atoms with Crippen molar-refractivity contribution in [1.29, 1.82) is 0 Å². The molecule has 3 heteroatoms. The van der Waals surface area contributed by atoms with Crippen LogP contribution in [0.2, 0.25) is 0 Å². The smallest absolute Gasteiger partial charge is 0.100 e. The first-order valence-electron chi connectivity index (χ1n) is 2.73. The number of likely N-dealkylation sites (N-methyl/N-ethyl adjacent to an activating group) is 1. The van der Waals surface area contributed by atoms with Crippen LogP contribution in [0.1, 0.15) is 6.92 Å². The summed E-state index contributed by atoms with van der Waals surface area (Å²) in [4.78, 5) is 1.38. The van der Waals surface area contributed by atoms with Crippen LogP contribution in [0.15, 0.2) is 0 Å². The minimum absolute atomic E-state index is 0. The van der Waals surface area contributed by atoms with Crippen molar-refractivity contribution in [3.05, 3.63) is 0 Å². The second-order valence-corrected chi connectivity index (χ2v) is 1.78. The molecule has 0 aliphatic carbocycles. The highest BCUT2D eigenvalue weighted by Crippen LogP contribution is 1.42. The van der Waals surface area contributed by atoms with Crippen molar-refractivity contribution in [2.75, 3.05) is 26.7 Å². The van der Waals surface area contributed by atoms with Crippen molar-refractivity contribution in [1.82, 2.24) is 0 Å². The number of hydrogen-bond donors (Lipinski definition) is 2. The summed E-state index contributed by atoms with van der Waals surface area (Å²) in [6.45, 7) is 4.38. The van der Waals surface area contributed by atoms with E-state index in [9.17, 15) is 0 Å². The number of aliphatic hydroxyl groups is 1. The van der Waals surface area contributed by atoms with Gasteiger partial charge in [0, 0.05) is 0 Å². The molecule has 52 valence electrons. The maximum absolute atomic E-state index is 8.35. The van der Waals surface area contributed by atoms with E-state index in [2.05, 4.69) is 14.0 Å². The summed E-state index contributed by atoms with van der Waals surface area (Å²) in [6, 6.07) is 0. The molecule has 0 heterocycles. The Bertz CT molecular complexity index is 43.4. The number of nitrogens with one attached hydrogen (secondary N) is 1. The van der Waals surface area contributed by atoms with Crippen molar-refractivity contribution in [3.63, 3.8) is 0 Å². The van der Waals surface area contributed by atoms with Crippen LogP contribution in [0.4, 0.5) is 0 Å². The topological polar surface area (TPSA) is 24.7 Å². The van der Waals surface area contributed by atoms with Crippen molar-refractivity contribution >= 4 is 0 Å². The van der Waals surface area contributed by atoms with Crippen LogP contribution in [-0.4, -0.2) is 31.9 Å². The number of rotatable bonds is 3. The van der Waals surface area contributed by atoms with Gasteiger partial charge in [-0.3, -0.25) is 0 Å². The van der Waals surface area contributed by atoms with Gasteiger partial charge in [-0.2, -0.15) is 0 Å². The Hall–Kier alpha value is 0.400. The monoisotopic (exact) mass is 183 g/mol. The van der Waals surface area contributed by atoms with E-state index < -0.39 is 0 Å². The minimum atomic E-state index is 0. The molecule has 0 radical (unpaired) electrons. The van der Waals surface area contributed by atoms with Crippen LogP contribution < -0.4 is 21.9 Å². The maximum atomic E-state index is 8.35. The van der Waals surface area contributed by atoms with Gasteiger partial charge in [-0.15, -0.1) is 0 Å². The maximum Gasteiger partial charge on any atom is 0.100 e. The highest BCUT2D eigenvalue weighted by atomic mass is 79.9. The number of hydrogen-bond acceptors (Lipinski definition) is 1. The average molecular weight is 184 g/mol. The molecule has 1 atom stereocenters. The van der Waals surface area contributed by atoms with Crippen LogP contribution in [0.5, 0.6) is 0 Å². The van der Waals surface area contributed by atoms with Gasteiger partial charge in [-0.1, -0.05) is 0 Å². The molecule has 0 saturated carbocycles. The minimum Gasteiger partial charge on any atom is -1.00 e. The summed E-state index contributed by atoms with van der Waals surface area (Å²) >= 11 is 0. The lowest BCUT2D eigenvalue weighted by molar-refractivity contribution is -0.878. The van der Waals surface area contributed by atoms with E-state index in [0.29, 0.717) is 6.61 Å². The molecule has 0 aromatic heterocycles. The van der Waals surface area contributed by atoms with E-state index in [1.165, 1.54) is 4.90 Å². The number of halogens is 1. The molecule has 0 aliphatic heterocycles. The molecule has 0 fully saturated rings. The summed E-state index contributed by atoms with van der Waals surface area (Å²) in [5.74, 6) is 0. The molecule has 0 saturated heterocycles. The Morgan fingerprint density at radius 1 is 1.50 bits per heavy atom. The Kier molecular flexibility index (Phi) is 10.4. The Morgan fingerprint density at radius 2 is 2.00 bits per heavy atom. The predicted octanol–water partition coefficient (Wildman–Crippen LogP) is -4.48. The van der Waals surface area contributed by atoms with Gasteiger partial charge in [0.2, 0.25) is 0 Å². The molecule has 0 aromatic rings. The molecule has 1 unspecified atom stereocenters. The van der Waals surface area contributed by atoms with Crippen molar-refractivity contribution < 1.29 is 27.0 Å². The fourth-order valence-corrected chi connectivity index (χ4v) is 0.368. The first-order chi connectivity index (χ1) is 3.31. The molecule has 0 spiro atoms. The highest BCUT2D eigenvalue weighted by molar-refractivity contribution is 4.14. The molecule has 2 nitrogen and oxygen atoms in total. The lowest BCUT2D eigenvalue weighted by atomic mass is 10.6. The van der Waals surface area contributed by atoms with Gasteiger partial charge in [-0.05, 0) is 6.92 Å². The Morgan fingerprint density at radius 3 is 2.12 bits per heavy atom. The third-order valence-electron chi connectivity index (χ3n) is 1.14. The standard InChI is InChI=1S/C5H13NO.BrH/c1-3-6(2)4-5-7;/h7H,3-5H2,1-2H3;1H. The SMILES string of the molecule is CC[NH+](C)CCO.[Br-]. The van der Waals surface area contributed by atoms with Gasteiger partial charge in [0.15, 0.2) is 0 Å². The summed E-state index contributed by atoms with van der Waals surface area (Å²) in [5, 5.41) is 8.35. The second-order valence-electron chi connectivity index (χ2n) is 1.78. The zero-order chi connectivity index (χ0) is 5.70. The molecule has 0 amide bonds. The third kappa shape index (κ3) is 6.40. The largest absolute Gasteiger partial charge is 1.00 e. The van der Waals surface area contributed by atoms with Crippen molar-refractivity contribution in [2.24, 2.45) is 0 Å². The summed E-state index contributed by atoms with van der Waals surface area (Å²) in [6.07, 6.45) is 0. The first kappa shape index (κ1) is 11.2. The van der Waals surface area contributed by atoms with Gasteiger partial charge in [0.1, 0.15) is 6.54 Å². The molecule has 2 N–H and O–H groups in total. The zero-order valence-corrected chi connectivity index (χ0v) is 7.03. The fourth-order valence-electron chi connectivity index (χ4n) is 0.368. The summed E-state index contributed by atoms with van der Waals surface area (Å²) < 4.78 is 0. The van der Waals surface area contributed by atoms with E-state index in [0.717, 1.165) is 13.1 Å². The van der Waals surface area contributed by atoms with Crippen molar-refractivity contribution in [3.8, 4) is 0 Å². The first-order valence-corrected chi connectivity index (χ1v) is 2.73. The molecule has 0 bridgehead atoms.